The average Bonchev–Trinajstić information content (AvgIpc) is 3.41. The molecule has 1 atom stereocenters. The summed E-state index contributed by atoms with van der Waals surface area (Å²) in [5, 5.41) is 23.5. The van der Waals surface area contributed by atoms with Gasteiger partial charge in [0, 0.05) is 34.7 Å². The number of aliphatic hydroxyl groups is 1. The minimum atomic E-state index is -0.465. The summed E-state index contributed by atoms with van der Waals surface area (Å²) in [5.74, 6) is -0.0376. The number of aromatic hydroxyl groups is 1. The number of aryl methyl sites for hydroxylation is 1. The third kappa shape index (κ3) is 3.25. The lowest BCUT2D eigenvalue weighted by molar-refractivity contribution is 0.100. The zero-order valence-corrected chi connectivity index (χ0v) is 19.5. The Labute approximate surface area is 202 Å². The summed E-state index contributed by atoms with van der Waals surface area (Å²) < 4.78 is 1.83. The number of fused-ring (bicyclic) bond motifs is 4. The molecule has 0 bridgehead atoms. The third-order valence-electron chi connectivity index (χ3n) is 7.52. The van der Waals surface area contributed by atoms with Gasteiger partial charge in [-0.3, -0.25) is 9.36 Å². The van der Waals surface area contributed by atoms with Crippen LogP contribution in [0.25, 0.3) is 38.5 Å². The molecule has 1 aliphatic rings. The number of nitrogens with zero attached hydrogens (tertiary/aromatic N) is 1. The number of aromatic amines is 1. The van der Waals surface area contributed by atoms with E-state index >= 15 is 0 Å². The van der Waals surface area contributed by atoms with Gasteiger partial charge < -0.3 is 20.9 Å². The summed E-state index contributed by atoms with van der Waals surface area (Å²) in [7, 11) is 0. The van der Waals surface area contributed by atoms with Gasteiger partial charge in [-0.15, -0.1) is 0 Å². The highest BCUT2D eigenvalue weighted by molar-refractivity contribution is 6.11. The van der Waals surface area contributed by atoms with Crippen LogP contribution < -0.4 is 5.73 Å². The number of amides is 1. The van der Waals surface area contributed by atoms with Crippen LogP contribution >= 0.6 is 0 Å². The Hall–Kier alpha value is -4.03. The van der Waals surface area contributed by atoms with E-state index in [-0.39, 0.29) is 18.4 Å². The fourth-order valence-corrected chi connectivity index (χ4v) is 5.70. The Morgan fingerprint density at radius 2 is 1.94 bits per heavy atom. The van der Waals surface area contributed by atoms with Crippen LogP contribution in [0.3, 0.4) is 0 Å². The first-order valence-electron chi connectivity index (χ1n) is 11.9. The summed E-state index contributed by atoms with van der Waals surface area (Å²) in [4.78, 5) is 15.7. The molecule has 5 N–H and O–H groups in total. The normalized spacial score (nSPS) is 15.5. The van der Waals surface area contributed by atoms with Crippen LogP contribution in [0, 0.1) is 12.8 Å². The van der Waals surface area contributed by atoms with E-state index in [9.17, 15) is 15.0 Å². The monoisotopic (exact) mass is 465 g/mol. The first-order valence-corrected chi connectivity index (χ1v) is 11.9. The highest BCUT2D eigenvalue weighted by atomic mass is 16.3. The van der Waals surface area contributed by atoms with E-state index in [4.69, 9.17) is 5.73 Å². The molecule has 6 rings (SSSR count). The summed E-state index contributed by atoms with van der Waals surface area (Å²) in [6.07, 6.45) is 4.44. The lowest BCUT2D eigenvalue weighted by atomic mass is 9.85. The molecule has 1 amide bonds. The number of nitrogens with one attached hydrogen (secondary N) is 1. The predicted molar refractivity (Wildman–Crippen MR) is 138 cm³/mol. The summed E-state index contributed by atoms with van der Waals surface area (Å²) in [6.45, 7) is 2.21. The quantitative estimate of drug-likeness (QED) is 0.301. The Kier molecular flexibility index (Phi) is 4.93. The van der Waals surface area contributed by atoms with Crippen LogP contribution in [0.15, 0.2) is 60.8 Å². The van der Waals surface area contributed by atoms with E-state index in [0.717, 1.165) is 69.0 Å². The molecule has 176 valence electrons. The van der Waals surface area contributed by atoms with Crippen LogP contribution in [-0.2, 0) is 12.8 Å². The molecule has 0 aliphatic heterocycles. The van der Waals surface area contributed by atoms with Crippen molar-refractivity contribution in [1.29, 1.82) is 0 Å². The fourth-order valence-electron chi connectivity index (χ4n) is 5.70. The molecule has 0 saturated carbocycles. The number of hydrogen-bond donors (Lipinski definition) is 4. The number of rotatable bonds is 4. The van der Waals surface area contributed by atoms with Crippen molar-refractivity contribution in [3.63, 3.8) is 0 Å². The lowest BCUT2D eigenvalue weighted by Crippen LogP contribution is -2.16. The van der Waals surface area contributed by atoms with Crippen LogP contribution in [-0.4, -0.2) is 32.3 Å². The molecular formula is C29H27N3O3. The zero-order chi connectivity index (χ0) is 24.3. The summed E-state index contributed by atoms with van der Waals surface area (Å²) in [5.41, 5.74) is 13.2. The highest BCUT2D eigenvalue weighted by Crippen LogP contribution is 2.41. The molecule has 6 nitrogen and oxygen atoms in total. The van der Waals surface area contributed by atoms with Crippen molar-refractivity contribution in [2.45, 2.75) is 26.2 Å². The van der Waals surface area contributed by atoms with Gasteiger partial charge in [0.15, 0.2) is 0 Å². The Morgan fingerprint density at radius 3 is 2.71 bits per heavy atom. The maximum atomic E-state index is 12.3. The largest absolute Gasteiger partial charge is 0.494 e. The van der Waals surface area contributed by atoms with Crippen molar-refractivity contribution in [2.75, 3.05) is 6.61 Å². The average molecular weight is 466 g/mol. The van der Waals surface area contributed by atoms with Gasteiger partial charge in [0.2, 0.25) is 5.88 Å². The van der Waals surface area contributed by atoms with Gasteiger partial charge in [0.25, 0.3) is 5.91 Å². The molecule has 2 aromatic heterocycles. The second-order valence-corrected chi connectivity index (χ2v) is 9.51. The van der Waals surface area contributed by atoms with E-state index in [1.54, 1.807) is 6.07 Å². The molecule has 0 radical (unpaired) electrons. The molecule has 0 spiro atoms. The smallest absolute Gasteiger partial charge is 0.250 e. The maximum absolute atomic E-state index is 12.3. The number of carbonyl (C=O) groups excluding carboxylic acids is 1. The minimum absolute atomic E-state index is 0.153. The Bertz CT molecular complexity index is 1630. The van der Waals surface area contributed by atoms with Gasteiger partial charge in [-0.25, -0.2) is 0 Å². The van der Waals surface area contributed by atoms with Crippen LogP contribution in [0.4, 0.5) is 0 Å². The van der Waals surface area contributed by atoms with E-state index in [1.807, 2.05) is 53.2 Å². The lowest BCUT2D eigenvalue weighted by Gasteiger charge is -2.21. The van der Waals surface area contributed by atoms with Gasteiger partial charge in [0.05, 0.1) is 16.8 Å². The minimum Gasteiger partial charge on any atom is -0.494 e. The first kappa shape index (κ1) is 21.5. The number of carbonyl (C=O) groups is 1. The molecule has 6 heteroatoms. The molecular weight excluding hydrogens is 438 g/mol. The van der Waals surface area contributed by atoms with Crippen LogP contribution in [0.5, 0.6) is 5.88 Å². The predicted octanol–water partition coefficient (Wildman–Crippen LogP) is 4.99. The Morgan fingerprint density at radius 1 is 1.11 bits per heavy atom. The van der Waals surface area contributed by atoms with Crippen molar-refractivity contribution < 1.29 is 15.0 Å². The van der Waals surface area contributed by atoms with Crippen molar-refractivity contribution in [3.05, 3.63) is 83.2 Å². The Balaban J connectivity index is 1.59. The van der Waals surface area contributed by atoms with E-state index in [2.05, 4.69) is 18.0 Å². The standard InChI is InChI=1S/C29H27N3O3/c1-16-19(7-4-8-25(16)32-14-18-5-2-3-6-20(18)29(32)35)21-11-12-23(28(30)34)27-26(21)22-10-9-17(15-33)13-24(22)31-27/h2-8,11-12,14,17,31,33,35H,9-10,13,15H2,1H3,(H2,30,34). The van der Waals surface area contributed by atoms with Crippen molar-refractivity contribution in [3.8, 4) is 22.7 Å². The van der Waals surface area contributed by atoms with E-state index in [1.165, 1.54) is 5.56 Å². The fraction of sp³-hybridized carbons (Fsp3) is 0.207. The van der Waals surface area contributed by atoms with Crippen molar-refractivity contribution >= 4 is 27.6 Å². The number of hydrogen-bond acceptors (Lipinski definition) is 3. The molecule has 0 fully saturated rings. The SMILES string of the molecule is Cc1c(-c2ccc(C(N)=O)c3[nH]c4c(c23)CCC(CO)C4)cccc1-n1cc2ccccc2c1O. The number of benzene rings is 3. The van der Waals surface area contributed by atoms with Crippen LogP contribution in [0.2, 0.25) is 0 Å². The van der Waals surface area contributed by atoms with Crippen molar-refractivity contribution in [2.24, 2.45) is 11.7 Å². The van der Waals surface area contributed by atoms with Crippen molar-refractivity contribution in [1.82, 2.24) is 9.55 Å². The molecule has 2 heterocycles. The van der Waals surface area contributed by atoms with Gasteiger partial charge >= 0.3 is 0 Å². The number of H-pyrrole nitrogens is 1. The zero-order valence-electron chi connectivity index (χ0n) is 19.5. The van der Waals surface area contributed by atoms with Crippen LogP contribution in [0.1, 0.15) is 33.6 Å². The molecule has 0 saturated heterocycles. The number of primary amides is 1. The molecule has 3 aromatic carbocycles. The van der Waals surface area contributed by atoms with Gasteiger partial charge in [-0.05, 0) is 72.6 Å². The van der Waals surface area contributed by atoms with Gasteiger partial charge in [-0.1, -0.05) is 36.4 Å². The number of nitrogens with two attached hydrogens (primary N) is 1. The molecule has 1 aliphatic carbocycles. The molecule has 5 aromatic rings. The number of aromatic nitrogens is 2. The third-order valence-corrected chi connectivity index (χ3v) is 7.52. The maximum Gasteiger partial charge on any atom is 0.250 e. The molecule has 1 unspecified atom stereocenters. The molecule has 35 heavy (non-hydrogen) atoms. The number of aliphatic hydroxyl groups excluding tert-OH is 1. The van der Waals surface area contributed by atoms with Gasteiger partial charge in [-0.2, -0.15) is 0 Å². The summed E-state index contributed by atoms with van der Waals surface area (Å²) >= 11 is 0. The highest BCUT2D eigenvalue weighted by Gasteiger charge is 2.26. The van der Waals surface area contributed by atoms with E-state index < -0.39 is 5.91 Å². The topological polar surface area (TPSA) is 104 Å². The van der Waals surface area contributed by atoms with E-state index in [0.29, 0.717) is 5.56 Å². The first-order chi connectivity index (χ1) is 17.0. The van der Waals surface area contributed by atoms with Gasteiger partial charge in [0.1, 0.15) is 0 Å². The summed E-state index contributed by atoms with van der Waals surface area (Å²) in [6, 6.07) is 17.6. The second kappa shape index (κ2) is 8.03. The second-order valence-electron chi connectivity index (χ2n) is 9.51.